The summed E-state index contributed by atoms with van der Waals surface area (Å²) in [5.41, 5.74) is -0.298. The first kappa shape index (κ1) is 17.2. The highest BCUT2D eigenvalue weighted by Crippen LogP contribution is 2.40. The second-order valence-electron chi connectivity index (χ2n) is 5.05. The van der Waals surface area contributed by atoms with Crippen molar-refractivity contribution in [1.29, 1.82) is 0 Å². The summed E-state index contributed by atoms with van der Waals surface area (Å²) in [5, 5.41) is 0. The van der Waals surface area contributed by atoms with E-state index >= 15 is 0 Å². The lowest BCUT2D eigenvalue weighted by Gasteiger charge is -2.27. The van der Waals surface area contributed by atoms with Gasteiger partial charge in [0.2, 0.25) is 9.05 Å². The van der Waals surface area contributed by atoms with E-state index < -0.39 is 9.05 Å². The van der Waals surface area contributed by atoms with Crippen LogP contribution >= 0.6 is 10.7 Å². The molecule has 0 saturated heterocycles. The van der Waals surface area contributed by atoms with Gasteiger partial charge in [0.05, 0.1) is 38.8 Å². The number of hydrogen-bond donors (Lipinski definition) is 0. The van der Waals surface area contributed by atoms with Gasteiger partial charge in [-0.1, -0.05) is 12.8 Å². The van der Waals surface area contributed by atoms with E-state index in [1.165, 1.54) is 0 Å². The fraction of sp³-hybridized carbons (Fsp3) is 1.00. The summed E-state index contributed by atoms with van der Waals surface area (Å²) in [6.45, 7) is 2.50. The highest BCUT2D eigenvalue weighted by molar-refractivity contribution is 8.13. The maximum atomic E-state index is 11.3. The minimum absolute atomic E-state index is 0.00604. The molecule has 0 unspecified atom stereocenters. The van der Waals surface area contributed by atoms with Gasteiger partial charge in [0.15, 0.2) is 0 Å². The molecule has 1 aliphatic rings. The van der Waals surface area contributed by atoms with Crippen molar-refractivity contribution in [3.63, 3.8) is 0 Å². The van der Waals surface area contributed by atoms with Crippen molar-refractivity contribution in [2.24, 2.45) is 5.41 Å². The molecule has 0 amide bonds. The van der Waals surface area contributed by atoms with Crippen molar-refractivity contribution in [3.8, 4) is 0 Å². The molecule has 0 aliphatic heterocycles. The lowest BCUT2D eigenvalue weighted by molar-refractivity contribution is 0.000772. The molecule has 0 bridgehead atoms. The Bertz CT molecular complexity index is 338. The van der Waals surface area contributed by atoms with Crippen LogP contribution in [-0.2, 0) is 23.3 Å². The molecule has 0 radical (unpaired) electrons. The van der Waals surface area contributed by atoms with Gasteiger partial charge in [-0.2, -0.15) is 0 Å². The van der Waals surface area contributed by atoms with E-state index in [1.807, 2.05) is 0 Å². The molecule has 0 spiro atoms. The first-order valence-electron chi connectivity index (χ1n) is 6.54. The molecule has 1 aliphatic carbocycles. The Morgan fingerprint density at radius 3 is 2.21 bits per heavy atom. The molecule has 1 rings (SSSR count). The zero-order valence-corrected chi connectivity index (χ0v) is 13.0. The first-order chi connectivity index (χ1) is 8.97. The number of methoxy groups -OCH3 is 1. The summed E-state index contributed by atoms with van der Waals surface area (Å²) in [4.78, 5) is 0. The molecule has 5 nitrogen and oxygen atoms in total. The highest BCUT2D eigenvalue weighted by atomic mass is 35.7. The average Bonchev–Trinajstić information content (AvgIpc) is 2.74. The van der Waals surface area contributed by atoms with Gasteiger partial charge in [0.25, 0.3) is 0 Å². The van der Waals surface area contributed by atoms with E-state index in [1.54, 1.807) is 7.11 Å². The van der Waals surface area contributed by atoms with Crippen molar-refractivity contribution >= 4 is 19.7 Å². The summed E-state index contributed by atoms with van der Waals surface area (Å²) in [6.07, 6.45) is 3.81. The molecule has 1 saturated carbocycles. The second-order valence-corrected chi connectivity index (χ2v) is 7.82. The quantitative estimate of drug-likeness (QED) is 0.454. The Balaban J connectivity index is 2.23. The third kappa shape index (κ3) is 7.46. The SMILES string of the molecule is COCCOCCOCC1(CS(=O)(=O)Cl)CCCC1. The lowest BCUT2D eigenvalue weighted by atomic mass is 9.90. The molecule has 7 heteroatoms. The van der Waals surface area contributed by atoms with Crippen molar-refractivity contribution < 1.29 is 22.6 Å². The van der Waals surface area contributed by atoms with Crippen LogP contribution in [0.1, 0.15) is 25.7 Å². The number of halogens is 1. The zero-order valence-electron chi connectivity index (χ0n) is 11.4. The highest BCUT2D eigenvalue weighted by Gasteiger charge is 2.38. The van der Waals surface area contributed by atoms with E-state index in [9.17, 15) is 8.42 Å². The molecular weight excluding hydrogens is 292 g/mol. The minimum atomic E-state index is -3.48. The van der Waals surface area contributed by atoms with Gasteiger partial charge >= 0.3 is 0 Å². The Hall–Kier alpha value is 0.120. The summed E-state index contributed by atoms with van der Waals surface area (Å²) < 4.78 is 38.2. The monoisotopic (exact) mass is 314 g/mol. The number of rotatable bonds is 10. The van der Waals surface area contributed by atoms with Gasteiger partial charge in [-0.05, 0) is 12.8 Å². The van der Waals surface area contributed by atoms with Crippen molar-refractivity contribution in [1.82, 2.24) is 0 Å². The zero-order chi connectivity index (χ0) is 14.2. The summed E-state index contributed by atoms with van der Waals surface area (Å²) in [5.74, 6) is 0.00604. The van der Waals surface area contributed by atoms with Crippen LogP contribution in [-0.4, -0.2) is 54.3 Å². The molecule has 1 fully saturated rings. The Morgan fingerprint density at radius 1 is 1.05 bits per heavy atom. The fourth-order valence-electron chi connectivity index (χ4n) is 2.47. The van der Waals surface area contributed by atoms with E-state index in [2.05, 4.69) is 0 Å². The molecule has 0 atom stereocenters. The normalized spacial score (nSPS) is 18.8. The Kier molecular flexibility index (Phi) is 7.61. The molecular formula is C12H23ClO5S. The van der Waals surface area contributed by atoms with E-state index in [0.717, 1.165) is 25.7 Å². The van der Waals surface area contributed by atoms with Gasteiger partial charge in [-0.25, -0.2) is 8.42 Å². The van der Waals surface area contributed by atoms with Crippen LogP contribution in [0.5, 0.6) is 0 Å². The average molecular weight is 315 g/mol. The standard InChI is InChI=1S/C12H23ClO5S/c1-16-6-7-17-8-9-18-10-12(4-2-3-5-12)11-19(13,14)15/h2-11H2,1H3. The molecule has 114 valence electrons. The van der Waals surface area contributed by atoms with Crippen LogP contribution in [0.2, 0.25) is 0 Å². The van der Waals surface area contributed by atoms with Gasteiger partial charge in [0, 0.05) is 23.2 Å². The Morgan fingerprint density at radius 2 is 1.63 bits per heavy atom. The van der Waals surface area contributed by atoms with Crippen LogP contribution in [0, 0.1) is 5.41 Å². The van der Waals surface area contributed by atoms with Crippen LogP contribution in [0.25, 0.3) is 0 Å². The maximum absolute atomic E-state index is 11.3. The predicted octanol–water partition coefficient (Wildman–Crippen LogP) is 1.80. The number of hydrogen-bond acceptors (Lipinski definition) is 5. The Labute approximate surface area is 120 Å². The smallest absolute Gasteiger partial charge is 0.233 e. The summed E-state index contributed by atoms with van der Waals surface area (Å²) in [6, 6.07) is 0. The molecule has 19 heavy (non-hydrogen) atoms. The first-order valence-corrected chi connectivity index (χ1v) is 9.02. The minimum Gasteiger partial charge on any atom is -0.382 e. The third-order valence-electron chi connectivity index (χ3n) is 3.35. The molecule has 0 N–H and O–H groups in total. The fourth-order valence-corrected chi connectivity index (χ4v) is 4.27. The van der Waals surface area contributed by atoms with Crippen molar-refractivity contribution in [3.05, 3.63) is 0 Å². The summed E-state index contributed by atoms with van der Waals surface area (Å²) >= 11 is 0. The largest absolute Gasteiger partial charge is 0.382 e. The molecule has 0 aromatic heterocycles. The molecule has 0 aromatic carbocycles. The van der Waals surface area contributed by atoms with Crippen molar-refractivity contribution in [2.75, 3.05) is 45.9 Å². The third-order valence-corrected chi connectivity index (χ3v) is 4.64. The van der Waals surface area contributed by atoms with Gasteiger partial charge in [-0.3, -0.25) is 0 Å². The van der Waals surface area contributed by atoms with Gasteiger partial charge in [0.1, 0.15) is 0 Å². The second kappa shape index (κ2) is 8.42. The van der Waals surface area contributed by atoms with Crippen LogP contribution < -0.4 is 0 Å². The van der Waals surface area contributed by atoms with Gasteiger partial charge in [-0.15, -0.1) is 0 Å². The van der Waals surface area contributed by atoms with Crippen LogP contribution in [0.4, 0.5) is 0 Å². The number of ether oxygens (including phenoxy) is 3. The molecule has 0 heterocycles. The lowest BCUT2D eigenvalue weighted by Crippen LogP contribution is -2.31. The predicted molar refractivity (Wildman–Crippen MR) is 74.1 cm³/mol. The van der Waals surface area contributed by atoms with Crippen LogP contribution in [0.15, 0.2) is 0 Å². The summed E-state index contributed by atoms with van der Waals surface area (Å²) in [7, 11) is 3.52. The van der Waals surface area contributed by atoms with Crippen molar-refractivity contribution in [2.45, 2.75) is 25.7 Å². The maximum Gasteiger partial charge on any atom is 0.233 e. The van der Waals surface area contributed by atoms with E-state index in [-0.39, 0.29) is 11.2 Å². The molecule has 0 aromatic rings. The topological polar surface area (TPSA) is 61.8 Å². The van der Waals surface area contributed by atoms with E-state index in [4.69, 9.17) is 24.9 Å². The van der Waals surface area contributed by atoms with Gasteiger partial charge < -0.3 is 14.2 Å². The van der Waals surface area contributed by atoms with E-state index in [0.29, 0.717) is 33.0 Å². The van der Waals surface area contributed by atoms with Crippen LogP contribution in [0.3, 0.4) is 0 Å².